The van der Waals surface area contributed by atoms with E-state index in [1.165, 1.54) is 12.8 Å². The Morgan fingerprint density at radius 1 is 1.24 bits per heavy atom. The summed E-state index contributed by atoms with van der Waals surface area (Å²) in [6, 6.07) is 10.1. The number of rotatable bonds is 5. The van der Waals surface area contributed by atoms with Gasteiger partial charge in [0.2, 0.25) is 5.91 Å². The number of para-hydroxylation sites is 1. The van der Waals surface area contributed by atoms with Crippen LogP contribution in [0.4, 0.5) is 0 Å². The number of piperidine rings is 1. The minimum absolute atomic E-state index is 0. The third-order valence-corrected chi connectivity index (χ3v) is 4.89. The number of benzene rings is 1. The predicted octanol–water partition coefficient (Wildman–Crippen LogP) is 3.72. The fourth-order valence-electron chi connectivity index (χ4n) is 3.45. The van der Waals surface area contributed by atoms with Gasteiger partial charge in [-0.15, -0.1) is 24.8 Å². The molecule has 2 aromatic rings. The highest BCUT2D eigenvalue weighted by Crippen LogP contribution is 2.24. The number of carbonyl (C=O) groups excluding carboxylic acids is 1. The van der Waals surface area contributed by atoms with E-state index >= 15 is 0 Å². The van der Waals surface area contributed by atoms with Crippen LogP contribution >= 0.6 is 24.8 Å². The lowest BCUT2D eigenvalue weighted by atomic mass is 9.84. The van der Waals surface area contributed by atoms with Gasteiger partial charge in [-0.3, -0.25) is 9.78 Å². The first kappa shape index (κ1) is 21.7. The smallest absolute Gasteiger partial charge is 0.220 e. The molecule has 1 aliphatic rings. The SMILES string of the molecule is CC(CC(=O)NCc1cccc2cccnc12)C1CCNCC1.Cl.Cl. The van der Waals surface area contributed by atoms with Crippen molar-refractivity contribution in [3.05, 3.63) is 42.1 Å². The number of pyridine rings is 1. The molecule has 6 heteroatoms. The van der Waals surface area contributed by atoms with Gasteiger partial charge in [0.05, 0.1) is 5.52 Å². The first-order chi connectivity index (χ1) is 11.2. The summed E-state index contributed by atoms with van der Waals surface area (Å²) in [7, 11) is 0. The lowest BCUT2D eigenvalue weighted by Crippen LogP contribution is -2.33. The average molecular weight is 384 g/mol. The molecule has 0 saturated carbocycles. The zero-order valence-corrected chi connectivity index (χ0v) is 16.2. The molecule has 4 nitrogen and oxygen atoms in total. The molecule has 0 aliphatic carbocycles. The molecule has 1 fully saturated rings. The number of amides is 1. The Kier molecular flexibility index (Phi) is 9.19. The number of nitrogens with zero attached hydrogens (tertiary/aromatic N) is 1. The summed E-state index contributed by atoms with van der Waals surface area (Å²) < 4.78 is 0. The van der Waals surface area contributed by atoms with E-state index in [1.807, 2.05) is 30.3 Å². The number of halogens is 2. The monoisotopic (exact) mass is 383 g/mol. The highest BCUT2D eigenvalue weighted by Gasteiger charge is 2.21. The molecule has 1 aromatic carbocycles. The number of fused-ring (bicyclic) bond motifs is 1. The van der Waals surface area contributed by atoms with Gasteiger partial charge in [0.15, 0.2) is 0 Å². The third-order valence-electron chi connectivity index (χ3n) is 4.89. The number of aromatic nitrogens is 1. The van der Waals surface area contributed by atoms with E-state index in [-0.39, 0.29) is 30.7 Å². The summed E-state index contributed by atoms with van der Waals surface area (Å²) >= 11 is 0. The Hall–Kier alpha value is -1.36. The summed E-state index contributed by atoms with van der Waals surface area (Å²) in [5.41, 5.74) is 2.05. The number of nitrogens with one attached hydrogen (secondary N) is 2. The molecule has 1 atom stereocenters. The first-order valence-corrected chi connectivity index (χ1v) is 8.54. The molecule has 1 aliphatic heterocycles. The summed E-state index contributed by atoms with van der Waals surface area (Å²) in [5, 5.41) is 7.56. The summed E-state index contributed by atoms with van der Waals surface area (Å²) in [6.07, 6.45) is 4.78. The molecule has 1 unspecified atom stereocenters. The minimum atomic E-state index is 0. The molecule has 1 aromatic heterocycles. The maximum atomic E-state index is 12.3. The zero-order chi connectivity index (χ0) is 16.1. The third kappa shape index (κ3) is 5.84. The van der Waals surface area contributed by atoms with Crippen molar-refractivity contribution in [1.29, 1.82) is 0 Å². The van der Waals surface area contributed by atoms with Crippen LogP contribution in [0.5, 0.6) is 0 Å². The molecule has 0 radical (unpaired) electrons. The Labute approximate surface area is 162 Å². The Morgan fingerprint density at radius 2 is 1.96 bits per heavy atom. The highest BCUT2D eigenvalue weighted by molar-refractivity contribution is 5.85. The minimum Gasteiger partial charge on any atom is -0.352 e. The van der Waals surface area contributed by atoms with Crippen molar-refractivity contribution in [3.8, 4) is 0 Å². The van der Waals surface area contributed by atoms with Crippen molar-refractivity contribution >= 4 is 41.6 Å². The second-order valence-electron chi connectivity index (χ2n) is 6.54. The highest BCUT2D eigenvalue weighted by atomic mass is 35.5. The molecule has 138 valence electrons. The van der Waals surface area contributed by atoms with Crippen molar-refractivity contribution in [2.75, 3.05) is 13.1 Å². The number of carbonyl (C=O) groups is 1. The standard InChI is InChI=1S/C19H25N3O.2ClH/c1-14(15-7-10-20-11-8-15)12-18(23)22-13-17-5-2-4-16-6-3-9-21-19(16)17;;/h2-6,9,14-15,20H,7-8,10-13H2,1H3,(H,22,23);2*1H. The molecule has 0 spiro atoms. The number of hydrogen-bond acceptors (Lipinski definition) is 3. The molecular weight excluding hydrogens is 357 g/mol. The fourth-order valence-corrected chi connectivity index (χ4v) is 3.45. The first-order valence-electron chi connectivity index (χ1n) is 8.54. The molecule has 25 heavy (non-hydrogen) atoms. The quantitative estimate of drug-likeness (QED) is 0.826. The molecule has 1 saturated heterocycles. The topological polar surface area (TPSA) is 54.0 Å². The van der Waals surface area contributed by atoms with Crippen LogP contribution in [0, 0.1) is 11.8 Å². The van der Waals surface area contributed by atoms with Gasteiger partial charge in [-0.05, 0) is 49.4 Å². The van der Waals surface area contributed by atoms with E-state index in [0.717, 1.165) is 29.6 Å². The van der Waals surface area contributed by atoms with Crippen molar-refractivity contribution in [1.82, 2.24) is 15.6 Å². The van der Waals surface area contributed by atoms with Gasteiger partial charge in [0, 0.05) is 24.5 Å². The Bertz CT molecular complexity index is 669. The molecule has 3 rings (SSSR count). The lowest BCUT2D eigenvalue weighted by Gasteiger charge is -2.27. The van der Waals surface area contributed by atoms with Gasteiger partial charge < -0.3 is 10.6 Å². The maximum absolute atomic E-state index is 12.3. The summed E-state index contributed by atoms with van der Waals surface area (Å²) in [6.45, 7) is 4.91. The average Bonchev–Trinajstić information content (AvgIpc) is 2.60. The van der Waals surface area contributed by atoms with E-state index in [2.05, 4.69) is 22.5 Å². The van der Waals surface area contributed by atoms with E-state index < -0.39 is 0 Å². The molecule has 1 amide bonds. The number of hydrogen-bond donors (Lipinski definition) is 2. The van der Waals surface area contributed by atoms with Crippen LogP contribution in [-0.2, 0) is 11.3 Å². The van der Waals surface area contributed by atoms with Gasteiger partial charge >= 0.3 is 0 Å². The van der Waals surface area contributed by atoms with Crippen LogP contribution in [0.25, 0.3) is 10.9 Å². The molecule has 0 bridgehead atoms. The van der Waals surface area contributed by atoms with E-state index in [0.29, 0.717) is 24.8 Å². The van der Waals surface area contributed by atoms with Crippen molar-refractivity contribution < 1.29 is 4.79 Å². The van der Waals surface area contributed by atoms with E-state index in [1.54, 1.807) is 6.20 Å². The van der Waals surface area contributed by atoms with Crippen LogP contribution in [0.2, 0.25) is 0 Å². The van der Waals surface area contributed by atoms with Crippen molar-refractivity contribution in [2.24, 2.45) is 11.8 Å². The van der Waals surface area contributed by atoms with Crippen LogP contribution in [-0.4, -0.2) is 24.0 Å². The van der Waals surface area contributed by atoms with Crippen LogP contribution in [0.3, 0.4) is 0 Å². The van der Waals surface area contributed by atoms with Gasteiger partial charge in [-0.1, -0.05) is 31.2 Å². The van der Waals surface area contributed by atoms with Gasteiger partial charge in [-0.2, -0.15) is 0 Å². The maximum Gasteiger partial charge on any atom is 0.220 e. The van der Waals surface area contributed by atoms with Crippen molar-refractivity contribution in [2.45, 2.75) is 32.7 Å². The van der Waals surface area contributed by atoms with E-state index in [9.17, 15) is 4.79 Å². The molecule has 2 N–H and O–H groups in total. The predicted molar refractivity (Wildman–Crippen MR) is 107 cm³/mol. The molecular formula is C19H27Cl2N3O. The summed E-state index contributed by atoms with van der Waals surface area (Å²) in [4.78, 5) is 16.7. The second kappa shape index (κ2) is 10.6. The van der Waals surface area contributed by atoms with Gasteiger partial charge in [0.25, 0.3) is 0 Å². The molecule has 2 heterocycles. The normalized spacial score (nSPS) is 15.7. The lowest BCUT2D eigenvalue weighted by molar-refractivity contribution is -0.122. The Balaban J connectivity index is 0.00000156. The van der Waals surface area contributed by atoms with Gasteiger partial charge in [-0.25, -0.2) is 0 Å². The zero-order valence-electron chi connectivity index (χ0n) is 14.5. The Morgan fingerprint density at radius 3 is 2.72 bits per heavy atom. The largest absolute Gasteiger partial charge is 0.352 e. The second-order valence-corrected chi connectivity index (χ2v) is 6.54. The van der Waals surface area contributed by atoms with Crippen LogP contribution in [0.15, 0.2) is 36.5 Å². The van der Waals surface area contributed by atoms with E-state index in [4.69, 9.17) is 0 Å². The summed E-state index contributed by atoms with van der Waals surface area (Å²) in [5.74, 6) is 1.26. The van der Waals surface area contributed by atoms with Crippen LogP contribution in [0.1, 0.15) is 31.7 Å². The van der Waals surface area contributed by atoms with Gasteiger partial charge in [0.1, 0.15) is 0 Å². The van der Waals surface area contributed by atoms with Crippen LogP contribution < -0.4 is 10.6 Å². The fraction of sp³-hybridized carbons (Fsp3) is 0.474. The van der Waals surface area contributed by atoms with Crippen molar-refractivity contribution in [3.63, 3.8) is 0 Å².